The normalized spacial score (nSPS) is 11.1. The smallest absolute Gasteiger partial charge is 0.243 e. The molecule has 0 spiro atoms. The highest BCUT2D eigenvalue weighted by molar-refractivity contribution is 5.95. The summed E-state index contributed by atoms with van der Waals surface area (Å²) in [5, 5.41) is 18.0. The van der Waals surface area contributed by atoms with Crippen molar-refractivity contribution in [3.05, 3.63) is 59.4 Å². The molecule has 0 radical (unpaired) electrons. The second-order valence-corrected chi connectivity index (χ2v) is 5.73. The highest BCUT2D eigenvalue weighted by Gasteiger charge is 2.05. The third kappa shape index (κ3) is 6.08. The van der Waals surface area contributed by atoms with Crippen LogP contribution in [-0.2, 0) is 11.3 Å². The molecule has 26 heavy (non-hydrogen) atoms. The number of hydrogen-bond donors (Lipinski definition) is 4. The minimum absolute atomic E-state index is 0.0369. The van der Waals surface area contributed by atoms with Gasteiger partial charge in [0, 0.05) is 12.2 Å². The number of amides is 1. The van der Waals surface area contributed by atoms with Crippen molar-refractivity contribution in [2.24, 2.45) is 4.99 Å². The number of nitrogens with one attached hydrogen (secondary N) is 3. The zero-order valence-electron chi connectivity index (χ0n) is 14.8. The standard InChI is InChI=1S/C19H23FN4O2/c1-3-21-19(22-11-14-4-9-17(20)13(2)10-14)23-12-18(26)24-15-5-7-16(25)8-6-15/h4-10,25H,3,11-12H2,1-2H3,(H,24,26)(H2,21,22,23). The molecule has 4 N–H and O–H groups in total. The molecule has 7 heteroatoms. The van der Waals surface area contributed by atoms with Crippen LogP contribution in [0.4, 0.5) is 10.1 Å². The van der Waals surface area contributed by atoms with Crippen LogP contribution in [0.1, 0.15) is 18.1 Å². The highest BCUT2D eigenvalue weighted by Crippen LogP contribution is 2.13. The molecule has 138 valence electrons. The number of aromatic hydroxyl groups is 1. The Labute approximate surface area is 152 Å². The fourth-order valence-corrected chi connectivity index (χ4v) is 2.23. The number of aliphatic imine (C=N–C) groups is 1. The van der Waals surface area contributed by atoms with Crippen LogP contribution in [0.25, 0.3) is 0 Å². The second kappa shape index (κ2) is 9.41. The first-order chi connectivity index (χ1) is 12.5. The summed E-state index contributed by atoms with van der Waals surface area (Å²) < 4.78 is 13.3. The Morgan fingerprint density at radius 1 is 1.15 bits per heavy atom. The lowest BCUT2D eigenvalue weighted by Gasteiger charge is -2.12. The summed E-state index contributed by atoms with van der Waals surface area (Å²) in [6.45, 7) is 4.69. The Hall–Kier alpha value is -3.09. The van der Waals surface area contributed by atoms with E-state index in [2.05, 4.69) is 20.9 Å². The highest BCUT2D eigenvalue weighted by atomic mass is 19.1. The van der Waals surface area contributed by atoms with Crippen molar-refractivity contribution in [2.45, 2.75) is 20.4 Å². The zero-order valence-corrected chi connectivity index (χ0v) is 14.8. The molecule has 0 unspecified atom stereocenters. The number of phenols is 1. The van der Waals surface area contributed by atoms with Crippen LogP contribution in [0.5, 0.6) is 5.75 Å². The van der Waals surface area contributed by atoms with E-state index < -0.39 is 0 Å². The molecule has 6 nitrogen and oxygen atoms in total. The maximum atomic E-state index is 13.3. The van der Waals surface area contributed by atoms with Crippen molar-refractivity contribution in [2.75, 3.05) is 18.4 Å². The van der Waals surface area contributed by atoms with Crippen LogP contribution in [0, 0.1) is 12.7 Å². The molecule has 0 fully saturated rings. The Balaban J connectivity index is 1.90. The fraction of sp³-hybridized carbons (Fsp3) is 0.263. The van der Waals surface area contributed by atoms with Crippen LogP contribution >= 0.6 is 0 Å². The summed E-state index contributed by atoms with van der Waals surface area (Å²) in [5.74, 6) is 0.154. The van der Waals surface area contributed by atoms with Gasteiger partial charge in [-0.05, 0) is 55.3 Å². The summed E-state index contributed by atoms with van der Waals surface area (Å²) in [7, 11) is 0. The minimum Gasteiger partial charge on any atom is -0.508 e. The molecule has 2 aromatic carbocycles. The van der Waals surface area contributed by atoms with Gasteiger partial charge in [0.2, 0.25) is 5.91 Å². The Morgan fingerprint density at radius 3 is 2.54 bits per heavy atom. The summed E-state index contributed by atoms with van der Waals surface area (Å²) in [6, 6.07) is 11.1. The minimum atomic E-state index is -0.242. The van der Waals surface area contributed by atoms with Crippen molar-refractivity contribution in [1.82, 2.24) is 10.6 Å². The summed E-state index contributed by atoms with van der Waals surface area (Å²) in [4.78, 5) is 16.4. The number of anilines is 1. The third-order valence-electron chi connectivity index (χ3n) is 3.55. The van der Waals surface area contributed by atoms with Gasteiger partial charge in [-0.15, -0.1) is 0 Å². The van der Waals surface area contributed by atoms with Gasteiger partial charge < -0.3 is 21.1 Å². The Bertz CT molecular complexity index is 776. The molecule has 0 atom stereocenters. The lowest BCUT2D eigenvalue weighted by Crippen LogP contribution is -2.41. The second-order valence-electron chi connectivity index (χ2n) is 5.73. The topological polar surface area (TPSA) is 85.8 Å². The summed E-state index contributed by atoms with van der Waals surface area (Å²) in [5.41, 5.74) is 2.05. The van der Waals surface area contributed by atoms with Gasteiger partial charge in [-0.1, -0.05) is 12.1 Å². The average Bonchev–Trinajstić information content (AvgIpc) is 2.62. The van der Waals surface area contributed by atoms with Crippen LogP contribution in [0.15, 0.2) is 47.5 Å². The maximum absolute atomic E-state index is 13.3. The van der Waals surface area contributed by atoms with Gasteiger partial charge in [0.05, 0.1) is 13.1 Å². The first-order valence-corrected chi connectivity index (χ1v) is 8.34. The van der Waals surface area contributed by atoms with Gasteiger partial charge in [-0.3, -0.25) is 4.79 Å². The Kier molecular flexibility index (Phi) is 6.96. The number of guanidine groups is 1. The van der Waals surface area contributed by atoms with Crippen molar-refractivity contribution in [3.63, 3.8) is 0 Å². The molecular formula is C19H23FN4O2. The molecular weight excluding hydrogens is 335 g/mol. The molecule has 0 heterocycles. The van der Waals surface area contributed by atoms with Gasteiger partial charge in [0.25, 0.3) is 0 Å². The average molecular weight is 358 g/mol. The molecule has 0 saturated heterocycles. The van der Waals surface area contributed by atoms with Gasteiger partial charge in [0.1, 0.15) is 11.6 Å². The monoisotopic (exact) mass is 358 g/mol. The number of rotatable bonds is 6. The molecule has 1 amide bonds. The molecule has 2 rings (SSSR count). The largest absolute Gasteiger partial charge is 0.508 e. The molecule has 0 aliphatic heterocycles. The third-order valence-corrected chi connectivity index (χ3v) is 3.55. The Morgan fingerprint density at radius 2 is 1.88 bits per heavy atom. The number of phenolic OH excluding ortho intramolecular Hbond substituents is 1. The molecule has 0 aliphatic carbocycles. The molecule has 0 bridgehead atoms. The summed E-state index contributed by atoms with van der Waals surface area (Å²) >= 11 is 0. The fourth-order valence-electron chi connectivity index (χ4n) is 2.23. The van der Waals surface area contributed by atoms with E-state index in [0.717, 1.165) is 5.56 Å². The van der Waals surface area contributed by atoms with Crippen LogP contribution in [0.2, 0.25) is 0 Å². The lowest BCUT2D eigenvalue weighted by atomic mass is 10.1. The predicted octanol–water partition coefficient (Wildman–Crippen LogP) is 2.53. The number of hydrogen-bond acceptors (Lipinski definition) is 3. The maximum Gasteiger partial charge on any atom is 0.243 e. The number of carbonyl (C=O) groups is 1. The van der Waals surface area contributed by atoms with E-state index in [9.17, 15) is 14.3 Å². The van der Waals surface area contributed by atoms with E-state index in [1.54, 1.807) is 31.2 Å². The predicted molar refractivity (Wildman–Crippen MR) is 101 cm³/mol. The van der Waals surface area contributed by atoms with E-state index in [0.29, 0.717) is 30.3 Å². The summed E-state index contributed by atoms with van der Waals surface area (Å²) in [6.07, 6.45) is 0. The number of carbonyl (C=O) groups excluding carboxylic acids is 1. The SMILES string of the molecule is CCNC(=NCc1ccc(F)c(C)c1)NCC(=O)Nc1ccc(O)cc1. The van der Waals surface area contributed by atoms with Gasteiger partial charge >= 0.3 is 0 Å². The van der Waals surface area contributed by atoms with E-state index in [1.165, 1.54) is 18.2 Å². The van der Waals surface area contributed by atoms with Crippen molar-refractivity contribution in [1.29, 1.82) is 0 Å². The van der Waals surface area contributed by atoms with E-state index in [1.807, 2.05) is 6.92 Å². The van der Waals surface area contributed by atoms with E-state index in [4.69, 9.17) is 0 Å². The number of aryl methyl sites for hydroxylation is 1. The van der Waals surface area contributed by atoms with Crippen molar-refractivity contribution >= 4 is 17.6 Å². The van der Waals surface area contributed by atoms with Crippen LogP contribution in [0.3, 0.4) is 0 Å². The number of halogens is 1. The van der Waals surface area contributed by atoms with Crippen molar-refractivity contribution < 1.29 is 14.3 Å². The first kappa shape index (κ1) is 19.2. The van der Waals surface area contributed by atoms with Gasteiger partial charge in [-0.2, -0.15) is 0 Å². The quantitative estimate of drug-likeness (QED) is 0.363. The van der Waals surface area contributed by atoms with Gasteiger partial charge in [-0.25, -0.2) is 9.38 Å². The zero-order chi connectivity index (χ0) is 18.9. The molecule has 2 aromatic rings. The lowest BCUT2D eigenvalue weighted by molar-refractivity contribution is -0.115. The molecule has 0 aromatic heterocycles. The number of nitrogens with zero attached hydrogens (tertiary/aromatic N) is 1. The van der Waals surface area contributed by atoms with Gasteiger partial charge in [0.15, 0.2) is 5.96 Å². The van der Waals surface area contributed by atoms with Crippen LogP contribution in [-0.4, -0.2) is 30.1 Å². The van der Waals surface area contributed by atoms with Crippen molar-refractivity contribution in [3.8, 4) is 5.75 Å². The molecule has 0 saturated carbocycles. The van der Waals surface area contributed by atoms with Crippen LogP contribution < -0.4 is 16.0 Å². The first-order valence-electron chi connectivity index (χ1n) is 8.34. The van der Waals surface area contributed by atoms with E-state index >= 15 is 0 Å². The molecule has 0 aliphatic rings. The number of benzene rings is 2. The van der Waals surface area contributed by atoms with E-state index in [-0.39, 0.29) is 24.0 Å².